The number of carbonyl (C=O) groups is 1. The zero-order valence-electron chi connectivity index (χ0n) is 17.1. The fourth-order valence-corrected chi connectivity index (χ4v) is 5.04. The molecular formula is C23H35N3O2. The van der Waals surface area contributed by atoms with E-state index in [1.807, 2.05) is 0 Å². The van der Waals surface area contributed by atoms with Gasteiger partial charge in [-0.3, -0.25) is 9.69 Å². The predicted octanol–water partition coefficient (Wildman–Crippen LogP) is 2.26. The molecule has 4 aliphatic heterocycles. The molecule has 1 aromatic rings. The summed E-state index contributed by atoms with van der Waals surface area (Å²) in [6.07, 6.45) is 5.48. The molecular weight excluding hydrogens is 350 g/mol. The molecule has 1 aromatic carbocycles. The number of hydrogen-bond acceptors (Lipinski definition) is 4. The highest BCUT2D eigenvalue weighted by Crippen LogP contribution is 2.28. The van der Waals surface area contributed by atoms with E-state index in [9.17, 15) is 4.79 Å². The van der Waals surface area contributed by atoms with Crippen LogP contribution in [0.3, 0.4) is 0 Å². The van der Waals surface area contributed by atoms with E-state index in [1.165, 1.54) is 31.4 Å². The van der Waals surface area contributed by atoms with Crippen LogP contribution in [-0.2, 0) is 16.0 Å². The van der Waals surface area contributed by atoms with Gasteiger partial charge in [-0.15, -0.1) is 0 Å². The third-order valence-electron chi connectivity index (χ3n) is 6.64. The van der Waals surface area contributed by atoms with Crippen molar-refractivity contribution in [3.8, 4) is 0 Å². The summed E-state index contributed by atoms with van der Waals surface area (Å²) in [4.78, 5) is 20.2. The van der Waals surface area contributed by atoms with E-state index in [0.717, 1.165) is 58.9 Å². The minimum Gasteiger partial charge on any atom is -0.379 e. The molecule has 2 atom stereocenters. The molecule has 0 radical (unpaired) electrons. The molecule has 5 nitrogen and oxygen atoms in total. The summed E-state index contributed by atoms with van der Waals surface area (Å²) in [6, 6.07) is 11.2. The summed E-state index contributed by atoms with van der Waals surface area (Å²) >= 11 is 0. The average Bonchev–Trinajstić information content (AvgIpc) is 3.05. The molecule has 4 fully saturated rings. The van der Waals surface area contributed by atoms with Crippen molar-refractivity contribution in [3.63, 3.8) is 0 Å². The van der Waals surface area contributed by atoms with E-state index in [4.69, 9.17) is 4.74 Å². The van der Waals surface area contributed by atoms with Gasteiger partial charge in [0.05, 0.1) is 13.2 Å². The van der Waals surface area contributed by atoms with E-state index in [-0.39, 0.29) is 0 Å². The number of rotatable bonds is 7. The van der Waals surface area contributed by atoms with Crippen molar-refractivity contribution in [2.75, 3.05) is 59.0 Å². The smallest absolute Gasteiger partial charge is 0.224 e. The summed E-state index contributed by atoms with van der Waals surface area (Å²) in [5, 5.41) is 0. The van der Waals surface area contributed by atoms with Crippen LogP contribution in [0.5, 0.6) is 0 Å². The molecule has 4 saturated heterocycles. The Morgan fingerprint density at radius 1 is 0.964 bits per heavy atom. The highest BCUT2D eigenvalue weighted by atomic mass is 16.5. The number of hydrogen-bond donors (Lipinski definition) is 0. The number of morpholine rings is 1. The molecule has 28 heavy (non-hydrogen) atoms. The Morgan fingerprint density at radius 3 is 2.61 bits per heavy atom. The van der Waals surface area contributed by atoms with Crippen molar-refractivity contribution in [1.29, 1.82) is 0 Å². The van der Waals surface area contributed by atoms with Crippen LogP contribution >= 0.6 is 0 Å². The van der Waals surface area contributed by atoms with E-state index in [0.29, 0.717) is 24.3 Å². The van der Waals surface area contributed by atoms with Crippen LogP contribution in [-0.4, -0.2) is 85.7 Å². The second-order valence-corrected chi connectivity index (χ2v) is 8.70. The zero-order chi connectivity index (χ0) is 19.2. The Balaban J connectivity index is 1.25. The van der Waals surface area contributed by atoms with Gasteiger partial charge in [0.15, 0.2) is 0 Å². The Hall–Kier alpha value is -1.43. The van der Waals surface area contributed by atoms with Crippen molar-refractivity contribution in [1.82, 2.24) is 14.7 Å². The summed E-state index contributed by atoms with van der Waals surface area (Å²) < 4.78 is 5.41. The maximum atomic E-state index is 12.9. The maximum Gasteiger partial charge on any atom is 0.224 e. The third-order valence-corrected chi connectivity index (χ3v) is 6.64. The lowest BCUT2D eigenvalue weighted by Crippen LogP contribution is -2.48. The Bertz CT molecular complexity index is 618. The maximum absolute atomic E-state index is 12.9. The van der Waals surface area contributed by atoms with Crippen molar-refractivity contribution in [2.45, 2.75) is 38.1 Å². The molecule has 0 aromatic heterocycles. The van der Waals surface area contributed by atoms with Gasteiger partial charge in [-0.2, -0.15) is 0 Å². The molecule has 154 valence electrons. The van der Waals surface area contributed by atoms with Crippen molar-refractivity contribution in [3.05, 3.63) is 35.9 Å². The molecule has 4 aliphatic rings. The first-order chi connectivity index (χ1) is 13.8. The predicted molar refractivity (Wildman–Crippen MR) is 111 cm³/mol. The molecule has 5 rings (SSSR count). The van der Waals surface area contributed by atoms with Crippen LogP contribution in [0.2, 0.25) is 0 Å². The lowest BCUT2D eigenvalue weighted by molar-refractivity contribution is -0.135. The molecule has 0 unspecified atom stereocenters. The van der Waals surface area contributed by atoms with Crippen LogP contribution in [0.4, 0.5) is 0 Å². The molecule has 2 bridgehead atoms. The fourth-order valence-electron chi connectivity index (χ4n) is 5.04. The number of amides is 1. The Morgan fingerprint density at radius 2 is 1.79 bits per heavy atom. The lowest BCUT2D eigenvalue weighted by atomic mass is 9.94. The molecule has 1 amide bonds. The van der Waals surface area contributed by atoms with Crippen molar-refractivity contribution >= 4 is 5.91 Å². The van der Waals surface area contributed by atoms with Crippen LogP contribution in [0.25, 0.3) is 0 Å². The number of piperidine rings is 1. The first kappa shape index (κ1) is 19.9. The second-order valence-electron chi connectivity index (χ2n) is 8.70. The average molecular weight is 386 g/mol. The monoisotopic (exact) mass is 385 g/mol. The molecule has 0 aliphatic carbocycles. The normalized spacial score (nSPS) is 26.4. The number of nitrogens with zero attached hydrogens (tertiary/aromatic N) is 3. The van der Waals surface area contributed by atoms with Crippen molar-refractivity contribution < 1.29 is 9.53 Å². The zero-order valence-corrected chi connectivity index (χ0v) is 17.1. The molecule has 5 heteroatoms. The van der Waals surface area contributed by atoms with Crippen LogP contribution in [0, 0.1) is 5.92 Å². The molecule has 0 saturated carbocycles. The largest absolute Gasteiger partial charge is 0.379 e. The summed E-state index contributed by atoms with van der Waals surface area (Å²) in [5.74, 6) is 1.02. The number of ether oxygens (including phenoxy) is 1. The van der Waals surface area contributed by atoms with Crippen LogP contribution in [0.1, 0.15) is 31.2 Å². The fraction of sp³-hybridized carbons (Fsp3) is 0.696. The van der Waals surface area contributed by atoms with Gasteiger partial charge in [-0.05, 0) is 43.7 Å². The van der Waals surface area contributed by atoms with E-state index >= 15 is 0 Å². The standard InChI is InChI=1S/C23H35N3O2/c27-23(10-12-24-13-15-28-16-14-24)26-18-21-8-9-22(26)19-25(17-21)11-4-7-20-5-2-1-3-6-20/h1-3,5-6,21-22H,4,7-19H2/t21-,22+/m0/s1. The van der Waals surface area contributed by atoms with Gasteiger partial charge < -0.3 is 14.5 Å². The van der Waals surface area contributed by atoms with Gasteiger partial charge in [-0.25, -0.2) is 0 Å². The highest BCUT2D eigenvalue weighted by Gasteiger charge is 2.36. The van der Waals surface area contributed by atoms with Gasteiger partial charge in [0, 0.05) is 51.7 Å². The second kappa shape index (κ2) is 9.86. The van der Waals surface area contributed by atoms with Gasteiger partial charge in [0.1, 0.15) is 0 Å². The quantitative estimate of drug-likeness (QED) is 0.721. The Kier molecular flexibility index (Phi) is 7.00. The van der Waals surface area contributed by atoms with E-state index in [2.05, 4.69) is 45.0 Å². The first-order valence-electron chi connectivity index (χ1n) is 11.1. The number of aryl methyl sites for hydroxylation is 1. The topological polar surface area (TPSA) is 36.0 Å². The number of carbonyl (C=O) groups excluding carboxylic acids is 1. The minimum atomic E-state index is 0.368. The van der Waals surface area contributed by atoms with E-state index < -0.39 is 0 Å². The van der Waals surface area contributed by atoms with Gasteiger partial charge in [0.2, 0.25) is 5.91 Å². The van der Waals surface area contributed by atoms with Crippen molar-refractivity contribution in [2.24, 2.45) is 5.92 Å². The summed E-state index contributed by atoms with van der Waals surface area (Å²) in [7, 11) is 0. The van der Waals surface area contributed by atoms with Crippen LogP contribution < -0.4 is 0 Å². The Labute approximate surface area is 169 Å². The number of benzene rings is 1. The molecule has 4 heterocycles. The molecule has 0 spiro atoms. The minimum absolute atomic E-state index is 0.368. The SMILES string of the molecule is O=C(CCN1CCOCC1)N1C[C@H]2CC[C@@H]1CN(CCCc1ccccc1)C2. The van der Waals surface area contributed by atoms with E-state index in [1.54, 1.807) is 0 Å². The number of fused-ring (bicyclic) bond motifs is 4. The third kappa shape index (κ3) is 5.34. The summed E-state index contributed by atoms with van der Waals surface area (Å²) in [6.45, 7) is 8.79. The molecule has 0 N–H and O–H groups in total. The van der Waals surface area contributed by atoms with Gasteiger partial charge in [0.25, 0.3) is 0 Å². The first-order valence-corrected chi connectivity index (χ1v) is 11.1. The van der Waals surface area contributed by atoms with Gasteiger partial charge >= 0.3 is 0 Å². The van der Waals surface area contributed by atoms with Crippen LogP contribution in [0.15, 0.2) is 30.3 Å². The summed E-state index contributed by atoms with van der Waals surface area (Å²) in [5.41, 5.74) is 1.43. The highest BCUT2D eigenvalue weighted by molar-refractivity contribution is 5.77. The lowest BCUT2D eigenvalue weighted by Gasteiger charge is -2.37. The van der Waals surface area contributed by atoms with Gasteiger partial charge in [-0.1, -0.05) is 30.3 Å².